The SMILES string of the molecule is CCOc1ccccc1C(=O)N1CCCCC1c1nn(CC)c2c1COCC2. The number of likely N-dealkylation sites (tertiary alicyclic amines) is 1. The van der Waals surface area contributed by atoms with Crippen molar-refractivity contribution in [1.82, 2.24) is 14.7 Å². The number of ether oxygens (including phenoxy) is 2. The Bertz CT molecular complexity index is 846. The van der Waals surface area contributed by atoms with Gasteiger partial charge in [0.15, 0.2) is 0 Å². The first-order valence-corrected chi connectivity index (χ1v) is 10.4. The Kier molecular flexibility index (Phi) is 5.67. The van der Waals surface area contributed by atoms with Crippen molar-refractivity contribution in [3.05, 3.63) is 46.8 Å². The molecule has 1 aromatic heterocycles. The van der Waals surface area contributed by atoms with Crippen LogP contribution >= 0.6 is 0 Å². The summed E-state index contributed by atoms with van der Waals surface area (Å²) in [6.07, 6.45) is 3.96. The molecule has 0 aliphatic carbocycles. The van der Waals surface area contributed by atoms with E-state index in [1.165, 1.54) is 11.3 Å². The second kappa shape index (κ2) is 8.35. The molecule has 4 rings (SSSR count). The van der Waals surface area contributed by atoms with Crippen LogP contribution in [0.1, 0.15) is 66.5 Å². The lowest BCUT2D eigenvalue weighted by Gasteiger charge is -2.36. The molecule has 0 bridgehead atoms. The van der Waals surface area contributed by atoms with Gasteiger partial charge in [-0.15, -0.1) is 0 Å². The Balaban J connectivity index is 1.70. The van der Waals surface area contributed by atoms with Crippen LogP contribution in [-0.4, -0.2) is 40.3 Å². The molecule has 1 aromatic carbocycles. The van der Waals surface area contributed by atoms with E-state index in [4.69, 9.17) is 14.6 Å². The van der Waals surface area contributed by atoms with Gasteiger partial charge in [0.1, 0.15) is 5.75 Å². The molecule has 0 radical (unpaired) electrons. The number of hydrogen-bond donors (Lipinski definition) is 0. The molecule has 6 heteroatoms. The van der Waals surface area contributed by atoms with Crippen molar-refractivity contribution in [2.45, 2.75) is 58.7 Å². The van der Waals surface area contributed by atoms with E-state index in [0.29, 0.717) is 24.5 Å². The molecular weight excluding hydrogens is 354 g/mol. The summed E-state index contributed by atoms with van der Waals surface area (Å²) in [6.45, 7) is 7.53. The number of nitrogens with zero attached hydrogens (tertiary/aromatic N) is 3. The van der Waals surface area contributed by atoms with Crippen LogP contribution in [0.5, 0.6) is 5.75 Å². The summed E-state index contributed by atoms with van der Waals surface area (Å²) in [5, 5.41) is 4.93. The van der Waals surface area contributed by atoms with E-state index in [1.807, 2.05) is 36.1 Å². The molecule has 6 nitrogen and oxygen atoms in total. The third kappa shape index (κ3) is 3.41. The van der Waals surface area contributed by atoms with E-state index in [-0.39, 0.29) is 11.9 Å². The molecule has 2 aromatic rings. The number of benzene rings is 1. The van der Waals surface area contributed by atoms with Gasteiger partial charge in [0, 0.05) is 30.8 Å². The first-order valence-electron chi connectivity index (χ1n) is 10.4. The zero-order valence-electron chi connectivity index (χ0n) is 16.8. The number of hydrogen-bond acceptors (Lipinski definition) is 4. The number of rotatable bonds is 5. The van der Waals surface area contributed by atoms with Crippen molar-refractivity contribution in [2.75, 3.05) is 19.8 Å². The fourth-order valence-electron chi connectivity index (χ4n) is 4.40. The molecule has 28 heavy (non-hydrogen) atoms. The highest BCUT2D eigenvalue weighted by molar-refractivity contribution is 5.97. The Hall–Kier alpha value is -2.34. The molecular formula is C22H29N3O3. The maximum absolute atomic E-state index is 13.5. The molecule has 1 saturated heterocycles. The van der Waals surface area contributed by atoms with Crippen LogP contribution in [0.25, 0.3) is 0 Å². The molecule has 0 spiro atoms. The number of carbonyl (C=O) groups excluding carboxylic acids is 1. The average molecular weight is 383 g/mol. The first-order chi connectivity index (χ1) is 13.7. The number of aromatic nitrogens is 2. The van der Waals surface area contributed by atoms with Crippen LogP contribution in [0.3, 0.4) is 0 Å². The first kappa shape index (κ1) is 19.0. The average Bonchev–Trinajstić information content (AvgIpc) is 3.13. The number of amides is 1. The van der Waals surface area contributed by atoms with Crippen molar-refractivity contribution < 1.29 is 14.3 Å². The zero-order chi connectivity index (χ0) is 19.5. The summed E-state index contributed by atoms with van der Waals surface area (Å²) in [6, 6.07) is 7.54. The zero-order valence-corrected chi connectivity index (χ0v) is 16.8. The van der Waals surface area contributed by atoms with E-state index < -0.39 is 0 Å². The molecule has 0 saturated carbocycles. The van der Waals surface area contributed by atoms with E-state index in [1.54, 1.807) is 0 Å². The van der Waals surface area contributed by atoms with E-state index in [0.717, 1.165) is 51.1 Å². The fraction of sp³-hybridized carbons (Fsp3) is 0.545. The van der Waals surface area contributed by atoms with Crippen molar-refractivity contribution in [1.29, 1.82) is 0 Å². The lowest BCUT2D eigenvalue weighted by Crippen LogP contribution is -2.39. The standard InChI is InChI=1S/C22H29N3O3/c1-3-25-18-12-14-27-15-17(18)21(23-25)19-10-7-8-13-24(19)22(26)16-9-5-6-11-20(16)28-4-2/h5-6,9,11,19H,3-4,7-8,10,12-15H2,1-2H3. The summed E-state index contributed by atoms with van der Waals surface area (Å²) in [5.41, 5.74) is 4.13. The van der Waals surface area contributed by atoms with Gasteiger partial charge >= 0.3 is 0 Å². The number of piperidine rings is 1. The van der Waals surface area contributed by atoms with E-state index in [2.05, 4.69) is 11.6 Å². The van der Waals surface area contributed by atoms with Crippen molar-refractivity contribution in [3.8, 4) is 5.75 Å². The summed E-state index contributed by atoms with van der Waals surface area (Å²) in [7, 11) is 0. The van der Waals surface area contributed by atoms with Gasteiger partial charge in [0.25, 0.3) is 5.91 Å². The highest BCUT2D eigenvalue weighted by Gasteiger charge is 2.35. The minimum atomic E-state index is -0.000757. The monoisotopic (exact) mass is 383 g/mol. The summed E-state index contributed by atoms with van der Waals surface area (Å²) in [4.78, 5) is 15.5. The van der Waals surface area contributed by atoms with Gasteiger partial charge in [0.05, 0.1) is 37.1 Å². The number of fused-ring (bicyclic) bond motifs is 1. The largest absolute Gasteiger partial charge is 0.493 e. The number of aryl methyl sites for hydroxylation is 1. The van der Waals surface area contributed by atoms with Crippen molar-refractivity contribution in [2.24, 2.45) is 0 Å². The maximum atomic E-state index is 13.5. The minimum absolute atomic E-state index is 0.000757. The fourth-order valence-corrected chi connectivity index (χ4v) is 4.40. The summed E-state index contributed by atoms with van der Waals surface area (Å²) < 4.78 is 13.6. The second-order valence-electron chi connectivity index (χ2n) is 7.37. The van der Waals surface area contributed by atoms with Crippen LogP contribution in [-0.2, 0) is 24.3 Å². The maximum Gasteiger partial charge on any atom is 0.258 e. The normalized spacial score (nSPS) is 19.4. The van der Waals surface area contributed by atoms with Gasteiger partial charge in [-0.25, -0.2) is 0 Å². The van der Waals surface area contributed by atoms with E-state index in [9.17, 15) is 4.79 Å². The van der Waals surface area contributed by atoms with Crippen molar-refractivity contribution >= 4 is 5.91 Å². The predicted octanol–water partition coefficient (Wildman–Crippen LogP) is 3.74. The van der Waals surface area contributed by atoms with Gasteiger partial charge in [-0.1, -0.05) is 12.1 Å². The van der Waals surface area contributed by atoms with Crippen LogP contribution in [0.4, 0.5) is 0 Å². The molecule has 1 amide bonds. The van der Waals surface area contributed by atoms with Gasteiger partial charge in [-0.2, -0.15) is 5.10 Å². The lowest BCUT2D eigenvalue weighted by atomic mass is 9.94. The Morgan fingerprint density at radius 1 is 1.29 bits per heavy atom. The van der Waals surface area contributed by atoms with Gasteiger partial charge in [-0.05, 0) is 45.2 Å². The molecule has 1 unspecified atom stereocenters. The Morgan fingerprint density at radius 2 is 2.14 bits per heavy atom. The molecule has 1 atom stereocenters. The molecule has 0 N–H and O–H groups in total. The van der Waals surface area contributed by atoms with E-state index >= 15 is 0 Å². The third-order valence-corrected chi connectivity index (χ3v) is 5.72. The third-order valence-electron chi connectivity index (χ3n) is 5.72. The van der Waals surface area contributed by atoms with Crippen LogP contribution in [0, 0.1) is 0 Å². The molecule has 1 fully saturated rings. The Labute approximate surface area is 166 Å². The minimum Gasteiger partial charge on any atom is -0.493 e. The van der Waals surface area contributed by atoms with Crippen LogP contribution in [0.15, 0.2) is 24.3 Å². The molecule has 150 valence electrons. The topological polar surface area (TPSA) is 56.6 Å². The van der Waals surface area contributed by atoms with Gasteiger partial charge < -0.3 is 14.4 Å². The Morgan fingerprint density at radius 3 is 2.96 bits per heavy atom. The van der Waals surface area contributed by atoms with Crippen molar-refractivity contribution in [3.63, 3.8) is 0 Å². The lowest BCUT2D eigenvalue weighted by molar-refractivity contribution is 0.0592. The predicted molar refractivity (Wildman–Crippen MR) is 107 cm³/mol. The highest BCUT2D eigenvalue weighted by Crippen LogP contribution is 2.36. The summed E-state index contributed by atoms with van der Waals surface area (Å²) in [5.74, 6) is 0.689. The molecule has 2 aliphatic rings. The van der Waals surface area contributed by atoms with Gasteiger partial charge in [-0.3, -0.25) is 9.48 Å². The smallest absolute Gasteiger partial charge is 0.258 e. The van der Waals surface area contributed by atoms with Gasteiger partial charge in [0.2, 0.25) is 0 Å². The number of carbonyl (C=O) groups is 1. The molecule has 3 heterocycles. The molecule has 2 aliphatic heterocycles. The van der Waals surface area contributed by atoms with Crippen LogP contribution in [0.2, 0.25) is 0 Å². The highest BCUT2D eigenvalue weighted by atomic mass is 16.5. The van der Waals surface area contributed by atoms with Crippen LogP contribution < -0.4 is 4.74 Å². The summed E-state index contributed by atoms with van der Waals surface area (Å²) >= 11 is 0. The quantitative estimate of drug-likeness (QED) is 0.789. The second-order valence-corrected chi connectivity index (χ2v) is 7.37. The number of para-hydroxylation sites is 1.